The highest BCUT2D eigenvalue weighted by molar-refractivity contribution is 8.00. The van der Waals surface area contributed by atoms with Crippen molar-refractivity contribution in [2.24, 2.45) is 5.92 Å². The van der Waals surface area contributed by atoms with E-state index in [0.29, 0.717) is 22.9 Å². The van der Waals surface area contributed by atoms with Gasteiger partial charge in [-0.1, -0.05) is 19.8 Å². The molecule has 0 aromatic heterocycles. The molecule has 0 spiro atoms. The molecule has 1 saturated carbocycles. The standard InChI is InChI=1S/C18H22N2O4S/c1-11-4-2-3-5-13(11)19-16(21)9-24-18(23)12-6-7-15-14(8-12)20-17(22)10-25-15/h6-8,11,13H,2-5,9-10H2,1H3,(H,19,21)(H,20,22)/t11-,13+/m1/s1. The molecule has 7 heteroatoms. The topological polar surface area (TPSA) is 84.5 Å². The summed E-state index contributed by atoms with van der Waals surface area (Å²) in [7, 11) is 0. The average Bonchev–Trinajstić information content (AvgIpc) is 2.61. The van der Waals surface area contributed by atoms with E-state index in [4.69, 9.17) is 4.74 Å². The predicted molar refractivity (Wildman–Crippen MR) is 95.6 cm³/mol. The lowest BCUT2D eigenvalue weighted by atomic mass is 9.86. The van der Waals surface area contributed by atoms with Crippen molar-refractivity contribution in [2.75, 3.05) is 17.7 Å². The number of fused-ring (bicyclic) bond motifs is 1. The summed E-state index contributed by atoms with van der Waals surface area (Å²) in [5.41, 5.74) is 0.927. The van der Waals surface area contributed by atoms with Crippen molar-refractivity contribution in [3.05, 3.63) is 23.8 Å². The highest BCUT2D eigenvalue weighted by atomic mass is 32.2. The fourth-order valence-corrected chi connectivity index (χ4v) is 3.99. The maximum Gasteiger partial charge on any atom is 0.338 e. The minimum Gasteiger partial charge on any atom is -0.452 e. The summed E-state index contributed by atoms with van der Waals surface area (Å²) in [6.07, 6.45) is 4.41. The van der Waals surface area contributed by atoms with E-state index in [1.165, 1.54) is 18.2 Å². The number of carbonyl (C=O) groups is 3. The van der Waals surface area contributed by atoms with Gasteiger partial charge in [0.15, 0.2) is 6.61 Å². The largest absolute Gasteiger partial charge is 0.452 e. The fraction of sp³-hybridized carbons (Fsp3) is 0.500. The average molecular weight is 362 g/mol. The van der Waals surface area contributed by atoms with E-state index in [0.717, 1.165) is 24.2 Å². The maximum atomic E-state index is 12.2. The molecule has 0 unspecified atom stereocenters. The molecule has 0 saturated heterocycles. The first-order valence-corrected chi connectivity index (χ1v) is 9.54. The molecule has 2 aliphatic rings. The van der Waals surface area contributed by atoms with Crippen LogP contribution in [0.2, 0.25) is 0 Å². The van der Waals surface area contributed by atoms with E-state index < -0.39 is 5.97 Å². The van der Waals surface area contributed by atoms with E-state index >= 15 is 0 Å². The van der Waals surface area contributed by atoms with Gasteiger partial charge in [0.25, 0.3) is 5.91 Å². The summed E-state index contributed by atoms with van der Waals surface area (Å²) in [6, 6.07) is 5.17. The summed E-state index contributed by atoms with van der Waals surface area (Å²) in [6.45, 7) is 1.84. The Hall–Kier alpha value is -2.02. The number of thioether (sulfide) groups is 1. The second-order valence-electron chi connectivity index (χ2n) is 6.56. The zero-order chi connectivity index (χ0) is 17.8. The molecule has 6 nitrogen and oxygen atoms in total. The third-order valence-electron chi connectivity index (χ3n) is 4.64. The Morgan fingerprint density at radius 1 is 1.32 bits per heavy atom. The number of benzene rings is 1. The number of amides is 2. The molecule has 1 aromatic carbocycles. The van der Waals surface area contributed by atoms with Gasteiger partial charge in [0.05, 0.1) is 17.0 Å². The van der Waals surface area contributed by atoms with Crippen molar-refractivity contribution in [3.8, 4) is 0 Å². The van der Waals surface area contributed by atoms with Crippen LogP contribution in [-0.2, 0) is 14.3 Å². The number of nitrogens with one attached hydrogen (secondary N) is 2. The van der Waals surface area contributed by atoms with Crippen LogP contribution in [0.1, 0.15) is 43.0 Å². The van der Waals surface area contributed by atoms with Gasteiger partial charge < -0.3 is 15.4 Å². The van der Waals surface area contributed by atoms with Crippen molar-refractivity contribution in [1.82, 2.24) is 5.32 Å². The highest BCUT2D eigenvalue weighted by Gasteiger charge is 2.23. The Labute approximate surface area is 151 Å². The van der Waals surface area contributed by atoms with E-state index in [9.17, 15) is 14.4 Å². The predicted octanol–water partition coefficient (Wildman–Crippen LogP) is 2.58. The molecule has 3 rings (SSSR count). The number of hydrogen-bond donors (Lipinski definition) is 2. The van der Waals surface area contributed by atoms with Crippen LogP contribution in [0.5, 0.6) is 0 Å². The van der Waals surface area contributed by atoms with Crippen LogP contribution in [0.4, 0.5) is 5.69 Å². The van der Waals surface area contributed by atoms with E-state index in [-0.39, 0.29) is 24.5 Å². The molecule has 2 amide bonds. The monoisotopic (exact) mass is 362 g/mol. The van der Waals surface area contributed by atoms with Crippen LogP contribution in [-0.4, -0.2) is 36.2 Å². The lowest BCUT2D eigenvalue weighted by Gasteiger charge is -2.29. The van der Waals surface area contributed by atoms with Crippen LogP contribution in [0.15, 0.2) is 23.1 Å². The Balaban J connectivity index is 1.53. The zero-order valence-electron chi connectivity index (χ0n) is 14.2. The third-order valence-corrected chi connectivity index (χ3v) is 5.71. The smallest absolute Gasteiger partial charge is 0.338 e. The first-order valence-electron chi connectivity index (χ1n) is 8.56. The molecule has 1 fully saturated rings. The van der Waals surface area contributed by atoms with E-state index in [1.54, 1.807) is 18.2 Å². The Morgan fingerprint density at radius 3 is 2.92 bits per heavy atom. The molecular weight excluding hydrogens is 340 g/mol. The molecule has 1 heterocycles. The molecule has 0 radical (unpaired) electrons. The summed E-state index contributed by atoms with van der Waals surface area (Å²) >= 11 is 1.43. The molecule has 1 aliphatic heterocycles. The normalized spacial score (nSPS) is 22.5. The fourth-order valence-electron chi connectivity index (χ4n) is 3.20. The van der Waals surface area contributed by atoms with Crippen LogP contribution in [0.3, 0.4) is 0 Å². The molecule has 25 heavy (non-hydrogen) atoms. The van der Waals surface area contributed by atoms with Gasteiger partial charge in [0.2, 0.25) is 5.91 Å². The first-order chi connectivity index (χ1) is 12.0. The van der Waals surface area contributed by atoms with Crippen molar-refractivity contribution >= 4 is 35.2 Å². The van der Waals surface area contributed by atoms with Crippen LogP contribution in [0, 0.1) is 5.92 Å². The van der Waals surface area contributed by atoms with Crippen molar-refractivity contribution in [1.29, 1.82) is 0 Å². The van der Waals surface area contributed by atoms with Gasteiger partial charge in [0, 0.05) is 10.9 Å². The van der Waals surface area contributed by atoms with E-state index in [2.05, 4.69) is 17.6 Å². The highest BCUT2D eigenvalue weighted by Crippen LogP contribution is 2.32. The van der Waals surface area contributed by atoms with Crippen LogP contribution in [0.25, 0.3) is 0 Å². The van der Waals surface area contributed by atoms with Crippen molar-refractivity contribution < 1.29 is 19.1 Å². The maximum absolute atomic E-state index is 12.2. The van der Waals surface area contributed by atoms with Gasteiger partial charge in [-0.05, 0) is 37.0 Å². The quantitative estimate of drug-likeness (QED) is 0.804. The first kappa shape index (κ1) is 17.8. The molecule has 1 aromatic rings. The summed E-state index contributed by atoms with van der Waals surface area (Å²) in [5.74, 6) is -0.108. The molecule has 134 valence electrons. The summed E-state index contributed by atoms with van der Waals surface area (Å²) in [4.78, 5) is 36.5. The van der Waals surface area contributed by atoms with Gasteiger partial charge in [-0.25, -0.2) is 4.79 Å². The van der Waals surface area contributed by atoms with Crippen molar-refractivity contribution in [3.63, 3.8) is 0 Å². The molecule has 0 bridgehead atoms. The second-order valence-corrected chi connectivity index (χ2v) is 7.58. The lowest BCUT2D eigenvalue weighted by molar-refractivity contribution is -0.125. The van der Waals surface area contributed by atoms with Gasteiger partial charge in [-0.3, -0.25) is 9.59 Å². The van der Waals surface area contributed by atoms with Crippen LogP contribution >= 0.6 is 11.8 Å². The number of hydrogen-bond acceptors (Lipinski definition) is 5. The van der Waals surface area contributed by atoms with E-state index in [1.807, 2.05) is 0 Å². The number of carbonyl (C=O) groups excluding carboxylic acids is 3. The molecule has 2 atom stereocenters. The number of esters is 1. The third kappa shape index (κ3) is 4.54. The zero-order valence-corrected chi connectivity index (χ0v) is 15.0. The summed E-state index contributed by atoms with van der Waals surface area (Å²) in [5, 5.41) is 5.69. The number of rotatable bonds is 4. The van der Waals surface area contributed by atoms with Gasteiger partial charge in [0.1, 0.15) is 0 Å². The van der Waals surface area contributed by atoms with Gasteiger partial charge in [-0.15, -0.1) is 11.8 Å². The minimum absolute atomic E-state index is 0.0935. The van der Waals surface area contributed by atoms with Crippen LogP contribution < -0.4 is 10.6 Å². The Bertz CT molecular complexity index is 692. The number of anilines is 1. The van der Waals surface area contributed by atoms with Gasteiger partial charge >= 0.3 is 5.97 Å². The molecule has 1 aliphatic carbocycles. The van der Waals surface area contributed by atoms with Gasteiger partial charge in [-0.2, -0.15) is 0 Å². The lowest BCUT2D eigenvalue weighted by Crippen LogP contribution is -2.42. The minimum atomic E-state index is -0.570. The second kappa shape index (κ2) is 7.91. The summed E-state index contributed by atoms with van der Waals surface area (Å²) < 4.78 is 5.11. The molecule has 2 N–H and O–H groups in total. The Kier molecular flexibility index (Phi) is 5.63. The Morgan fingerprint density at radius 2 is 2.12 bits per heavy atom. The molecular formula is C18H22N2O4S. The number of ether oxygens (including phenoxy) is 1. The van der Waals surface area contributed by atoms with Crippen molar-refractivity contribution in [2.45, 2.75) is 43.5 Å². The SMILES string of the molecule is C[C@@H]1CCCC[C@@H]1NC(=O)COC(=O)c1ccc2c(c1)NC(=O)CS2.